The Bertz CT molecular complexity index is 1120. The molecule has 0 radical (unpaired) electrons. The van der Waals surface area contributed by atoms with Crippen molar-refractivity contribution in [3.05, 3.63) is 64.7 Å². The van der Waals surface area contributed by atoms with E-state index in [-0.39, 0.29) is 35.4 Å². The molecule has 0 aromatic heterocycles. The molecule has 1 unspecified atom stereocenters. The number of carbonyl (C=O) groups excluding carboxylic acids is 3. The monoisotopic (exact) mass is 412 g/mol. The van der Waals surface area contributed by atoms with E-state index in [0.29, 0.717) is 17.5 Å². The van der Waals surface area contributed by atoms with Crippen molar-refractivity contribution in [1.82, 2.24) is 10.2 Å². The topological polar surface area (TPSA) is 101 Å². The Morgan fingerprint density at radius 3 is 2.48 bits per heavy atom. The number of rotatable bonds is 4. The summed E-state index contributed by atoms with van der Waals surface area (Å²) in [6.45, 7) is 2.15. The third kappa shape index (κ3) is 3.67. The number of amides is 3. The highest BCUT2D eigenvalue weighted by Gasteiger charge is 2.39. The van der Waals surface area contributed by atoms with Crippen LogP contribution < -0.4 is 5.32 Å². The lowest BCUT2D eigenvalue weighted by atomic mass is 10.0. The van der Waals surface area contributed by atoms with Crippen LogP contribution in [0.5, 0.6) is 0 Å². The molecule has 2 heterocycles. The van der Waals surface area contributed by atoms with Gasteiger partial charge in [-0.2, -0.15) is 0 Å². The second kappa shape index (κ2) is 7.11. The molecule has 7 nitrogen and oxygen atoms in total. The van der Waals surface area contributed by atoms with E-state index in [1.807, 2.05) is 6.92 Å². The van der Waals surface area contributed by atoms with Gasteiger partial charge in [-0.25, -0.2) is 8.42 Å². The zero-order valence-electron chi connectivity index (χ0n) is 15.8. The van der Waals surface area contributed by atoms with Gasteiger partial charge in [-0.05, 0) is 42.7 Å². The SMILES string of the molecule is Cc1ccc(S(=O)(=O)Cc2ccc3c(c2)C(=O)N(C2CCC(=O)NC2=O)C3)cc1. The molecule has 1 N–H and O–H groups in total. The van der Waals surface area contributed by atoms with Crippen molar-refractivity contribution in [2.75, 3.05) is 0 Å². The van der Waals surface area contributed by atoms with Crippen molar-refractivity contribution in [3.63, 3.8) is 0 Å². The highest BCUT2D eigenvalue weighted by molar-refractivity contribution is 7.90. The van der Waals surface area contributed by atoms with Crippen molar-refractivity contribution in [2.45, 2.75) is 43.0 Å². The van der Waals surface area contributed by atoms with E-state index in [4.69, 9.17) is 0 Å². The van der Waals surface area contributed by atoms with E-state index in [2.05, 4.69) is 5.32 Å². The van der Waals surface area contributed by atoms with E-state index in [9.17, 15) is 22.8 Å². The number of hydrogen-bond donors (Lipinski definition) is 1. The van der Waals surface area contributed by atoms with Gasteiger partial charge in [-0.1, -0.05) is 29.8 Å². The fraction of sp³-hybridized carbons (Fsp3) is 0.286. The zero-order valence-corrected chi connectivity index (χ0v) is 16.7. The molecule has 3 amide bonds. The summed E-state index contributed by atoms with van der Waals surface area (Å²) in [7, 11) is -3.54. The molecule has 2 aliphatic rings. The Kier molecular flexibility index (Phi) is 4.74. The van der Waals surface area contributed by atoms with Gasteiger partial charge in [0, 0.05) is 18.5 Å². The molecule has 150 valence electrons. The first-order valence-electron chi connectivity index (χ1n) is 9.30. The van der Waals surface area contributed by atoms with Gasteiger partial charge in [0.25, 0.3) is 5.91 Å². The van der Waals surface area contributed by atoms with Crippen molar-refractivity contribution in [3.8, 4) is 0 Å². The third-order valence-corrected chi connectivity index (χ3v) is 7.03. The van der Waals surface area contributed by atoms with E-state index in [1.54, 1.807) is 42.5 Å². The summed E-state index contributed by atoms with van der Waals surface area (Å²) in [5.74, 6) is -1.33. The fourth-order valence-electron chi connectivity index (χ4n) is 3.74. The molecule has 0 spiro atoms. The highest BCUT2D eigenvalue weighted by atomic mass is 32.2. The lowest BCUT2D eigenvalue weighted by Gasteiger charge is -2.29. The van der Waals surface area contributed by atoms with Crippen LogP contribution in [0.15, 0.2) is 47.4 Å². The Balaban J connectivity index is 1.56. The average molecular weight is 412 g/mol. The van der Waals surface area contributed by atoms with Crippen molar-refractivity contribution >= 4 is 27.6 Å². The number of carbonyl (C=O) groups is 3. The molecular formula is C21H20N2O5S. The molecule has 4 rings (SSSR count). The van der Waals surface area contributed by atoms with Gasteiger partial charge in [-0.15, -0.1) is 0 Å². The van der Waals surface area contributed by atoms with Crippen LogP contribution in [0.1, 0.15) is 39.9 Å². The molecular weight excluding hydrogens is 392 g/mol. The number of aryl methyl sites for hydroxylation is 1. The van der Waals surface area contributed by atoms with E-state index < -0.39 is 21.8 Å². The number of hydrogen-bond acceptors (Lipinski definition) is 5. The Labute approximate surface area is 168 Å². The molecule has 2 aromatic rings. The molecule has 0 saturated carbocycles. The van der Waals surface area contributed by atoms with Gasteiger partial charge in [0.1, 0.15) is 6.04 Å². The first-order valence-corrected chi connectivity index (χ1v) is 11.0. The number of nitrogens with zero attached hydrogens (tertiary/aromatic N) is 1. The molecule has 1 saturated heterocycles. The van der Waals surface area contributed by atoms with Gasteiger partial charge < -0.3 is 4.90 Å². The maximum Gasteiger partial charge on any atom is 0.255 e. The smallest absolute Gasteiger partial charge is 0.255 e. The fourth-order valence-corrected chi connectivity index (χ4v) is 5.08. The summed E-state index contributed by atoms with van der Waals surface area (Å²) in [5.41, 5.74) is 2.64. The first-order chi connectivity index (χ1) is 13.7. The van der Waals surface area contributed by atoms with Crippen molar-refractivity contribution in [1.29, 1.82) is 0 Å². The Morgan fingerprint density at radius 2 is 1.79 bits per heavy atom. The van der Waals surface area contributed by atoms with Crippen LogP contribution in [0.4, 0.5) is 0 Å². The second-order valence-corrected chi connectivity index (χ2v) is 9.45. The van der Waals surface area contributed by atoms with Crippen molar-refractivity contribution in [2.24, 2.45) is 0 Å². The maximum atomic E-state index is 12.9. The summed E-state index contributed by atoms with van der Waals surface area (Å²) in [6, 6.07) is 11.0. The average Bonchev–Trinajstić information content (AvgIpc) is 2.98. The molecule has 8 heteroatoms. The number of piperidine rings is 1. The highest BCUT2D eigenvalue weighted by Crippen LogP contribution is 2.29. The second-order valence-electron chi connectivity index (χ2n) is 7.46. The molecule has 2 aliphatic heterocycles. The summed E-state index contributed by atoms with van der Waals surface area (Å²) in [4.78, 5) is 38.0. The number of nitrogens with one attached hydrogen (secondary N) is 1. The van der Waals surface area contributed by atoms with E-state index in [0.717, 1.165) is 11.1 Å². The summed E-state index contributed by atoms with van der Waals surface area (Å²) in [6.07, 6.45) is 0.482. The lowest BCUT2D eigenvalue weighted by Crippen LogP contribution is -2.52. The molecule has 0 aliphatic carbocycles. The predicted octanol–water partition coefficient (Wildman–Crippen LogP) is 1.73. The minimum absolute atomic E-state index is 0.191. The zero-order chi connectivity index (χ0) is 20.8. The minimum Gasteiger partial charge on any atom is -0.322 e. The van der Waals surface area contributed by atoms with E-state index >= 15 is 0 Å². The minimum atomic E-state index is -3.54. The van der Waals surface area contributed by atoms with Crippen molar-refractivity contribution < 1.29 is 22.8 Å². The van der Waals surface area contributed by atoms with Crippen LogP contribution in [-0.4, -0.2) is 37.1 Å². The van der Waals surface area contributed by atoms with Gasteiger partial charge in [-0.3, -0.25) is 19.7 Å². The molecule has 1 atom stereocenters. The van der Waals surface area contributed by atoms with Gasteiger partial charge in [0.15, 0.2) is 9.84 Å². The molecule has 1 fully saturated rings. The number of imide groups is 1. The predicted molar refractivity (Wildman–Crippen MR) is 105 cm³/mol. The van der Waals surface area contributed by atoms with Crippen LogP contribution in [0.3, 0.4) is 0 Å². The van der Waals surface area contributed by atoms with Crippen LogP contribution in [0, 0.1) is 6.92 Å². The number of fused-ring (bicyclic) bond motifs is 1. The van der Waals surface area contributed by atoms with Gasteiger partial charge in [0.2, 0.25) is 11.8 Å². The van der Waals surface area contributed by atoms with Crippen LogP contribution in [0.2, 0.25) is 0 Å². The van der Waals surface area contributed by atoms with Gasteiger partial charge >= 0.3 is 0 Å². The van der Waals surface area contributed by atoms with Crippen LogP contribution in [-0.2, 0) is 31.7 Å². The molecule has 2 aromatic carbocycles. The third-order valence-electron chi connectivity index (χ3n) is 5.33. The van der Waals surface area contributed by atoms with Crippen LogP contribution in [0.25, 0.3) is 0 Å². The molecule has 0 bridgehead atoms. The van der Waals surface area contributed by atoms with Gasteiger partial charge in [0.05, 0.1) is 10.6 Å². The quantitative estimate of drug-likeness (QED) is 0.771. The maximum absolute atomic E-state index is 12.9. The standard InChI is InChI=1S/C21H20N2O5S/c1-13-2-6-16(7-3-13)29(27,28)12-14-4-5-15-11-23(21(26)17(15)10-14)18-8-9-19(24)22-20(18)25/h2-7,10,18H,8-9,11-12H2,1H3,(H,22,24,25). The summed E-state index contributed by atoms with van der Waals surface area (Å²) < 4.78 is 25.4. The van der Waals surface area contributed by atoms with E-state index in [1.165, 1.54) is 4.90 Å². The lowest BCUT2D eigenvalue weighted by molar-refractivity contribution is -0.136. The van der Waals surface area contributed by atoms with Crippen LogP contribution >= 0.6 is 0 Å². The first kappa shape index (κ1) is 19.3. The largest absolute Gasteiger partial charge is 0.322 e. The number of benzene rings is 2. The number of sulfone groups is 1. The molecule has 29 heavy (non-hydrogen) atoms. The Hall–Kier alpha value is -3.00. The summed E-state index contributed by atoms with van der Waals surface area (Å²) in [5, 5.41) is 2.27. The summed E-state index contributed by atoms with van der Waals surface area (Å²) >= 11 is 0. The Morgan fingerprint density at radius 1 is 1.07 bits per heavy atom. The normalized spacial score (nSPS) is 19.3.